The van der Waals surface area contributed by atoms with Crippen LogP contribution in [0.15, 0.2) is 24.4 Å². The molecular weight excluding hydrogens is 286 g/mol. The quantitative estimate of drug-likeness (QED) is 0.690. The summed E-state index contributed by atoms with van der Waals surface area (Å²) in [6.07, 6.45) is 1.44. The second-order valence-electron chi connectivity index (χ2n) is 4.11. The van der Waals surface area contributed by atoms with Crippen LogP contribution in [0.25, 0.3) is 0 Å². The van der Waals surface area contributed by atoms with Crippen molar-refractivity contribution in [2.75, 3.05) is 0 Å². The normalized spacial score (nSPS) is 10.5. The molecule has 0 saturated heterocycles. The highest BCUT2D eigenvalue weighted by Gasteiger charge is 2.23. The van der Waals surface area contributed by atoms with Crippen LogP contribution in [0.5, 0.6) is 0 Å². The summed E-state index contributed by atoms with van der Waals surface area (Å²) in [6, 6.07) is 4.13. The van der Waals surface area contributed by atoms with E-state index >= 15 is 0 Å². The van der Waals surface area contributed by atoms with Crippen molar-refractivity contribution in [3.8, 4) is 0 Å². The number of nitro benzene ring substituents is 1. The van der Waals surface area contributed by atoms with Gasteiger partial charge in [0.25, 0.3) is 5.69 Å². The molecule has 7 nitrogen and oxygen atoms in total. The SMILES string of the molecule is Cc1c(Cl)cnn1Cc1cccc([N+](=O)[O-])c1C(=O)O. The Kier molecular flexibility index (Phi) is 3.71. The van der Waals surface area contributed by atoms with E-state index in [0.717, 1.165) is 6.07 Å². The van der Waals surface area contributed by atoms with Gasteiger partial charge in [-0.05, 0) is 12.5 Å². The molecule has 0 amide bonds. The van der Waals surface area contributed by atoms with Crippen LogP contribution in [0.1, 0.15) is 21.6 Å². The third-order valence-corrected chi connectivity index (χ3v) is 3.27. The van der Waals surface area contributed by atoms with Gasteiger partial charge in [0, 0.05) is 6.07 Å². The Hall–Kier alpha value is -2.41. The number of carboxylic acids is 1. The summed E-state index contributed by atoms with van der Waals surface area (Å²) in [5.74, 6) is -1.34. The average molecular weight is 296 g/mol. The number of nitrogens with zero attached hydrogens (tertiary/aromatic N) is 3. The number of rotatable bonds is 4. The van der Waals surface area contributed by atoms with Crippen LogP contribution < -0.4 is 0 Å². The summed E-state index contributed by atoms with van der Waals surface area (Å²) < 4.78 is 1.49. The predicted molar refractivity (Wildman–Crippen MR) is 71.1 cm³/mol. The lowest BCUT2D eigenvalue weighted by Gasteiger charge is -2.08. The van der Waals surface area contributed by atoms with Crippen molar-refractivity contribution in [3.05, 3.63) is 56.4 Å². The van der Waals surface area contributed by atoms with Gasteiger partial charge in [-0.25, -0.2) is 4.79 Å². The summed E-state index contributed by atoms with van der Waals surface area (Å²) in [7, 11) is 0. The molecule has 0 unspecified atom stereocenters. The largest absolute Gasteiger partial charge is 0.477 e. The van der Waals surface area contributed by atoms with Crippen LogP contribution in [0.4, 0.5) is 5.69 Å². The number of carbonyl (C=O) groups is 1. The molecule has 0 bridgehead atoms. The predicted octanol–water partition coefficient (Wildman–Crippen LogP) is 2.50. The average Bonchev–Trinajstić information content (AvgIpc) is 2.70. The van der Waals surface area contributed by atoms with Gasteiger partial charge >= 0.3 is 5.97 Å². The number of carboxylic acid groups (broad SMARTS) is 1. The van der Waals surface area contributed by atoms with Crippen molar-refractivity contribution < 1.29 is 14.8 Å². The lowest BCUT2D eigenvalue weighted by Crippen LogP contribution is -2.11. The molecule has 1 N–H and O–H groups in total. The zero-order chi connectivity index (χ0) is 14.9. The molecule has 1 aromatic carbocycles. The first-order valence-electron chi connectivity index (χ1n) is 5.59. The van der Waals surface area contributed by atoms with E-state index in [1.807, 2.05) is 0 Å². The van der Waals surface area contributed by atoms with E-state index in [-0.39, 0.29) is 12.1 Å². The molecule has 1 heterocycles. The summed E-state index contributed by atoms with van der Waals surface area (Å²) in [5, 5.41) is 24.5. The number of halogens is 1. The Morgan fingerprint density at radius 2 is 2.25 bits per heavy atom. The van der Waals surface area contributed by atoms with Crippen LogP contribution in [0, 0.1) is 17.0 Å². The monoisotopic (exact) mass is 295 g/mol. The Morgan fingerprint density at radius 3 is 2.75 bits per heavy atom. The minimum atomic E-state index is -1.34. The number of hydrogen-bond acceptors (Lipinski definition) is 4. The van der Waals surface area contributed by atoms with Crippen LogP contribution in [-0.2, 0) is 6.54 Å². The van der Waals surface area contributed by atoms with Gasteiger partial charge in [-0.15, -0.1) is 0 Å². The molecule has 2 rings (SSSR count). The molecule has 1 aromatic heterocycles. The maximum Gasteiger partial charge on any atom is 0.343 e. The molecule has 2 aromatic rings. The van der Waals surface area contributed by atoms with Gasteiger partial charge in [0.1, 0.15) is 5.56 Å². The zero-order valence-corrected chi connectivity index (χ0v) is 11.2. The molecule has 0 aliphatic rings. The van der Waals surface area contributed by atoms with Gasteiger partial charge < -0.3 is 5.11 Å². The van der Waals surface area contributed by atoms with Crippen LogP contribution in [0.3, 0.4) is 0 Å². The molecule has 8 heteroatoms. The summed E-state index contributed by atoms with van der Waals surface area (Å²) in [5.41, 5.74) is 0.193. The van der Waals surface area contributed by atoms with Crippen molar-refractivity contribution in [2.24, 2.45) is 0 Å². The van der Waals surface area contributed by atoms with E-state index in [0.29, 0.717) is 16.3 Å². The Labute approximate surface area is 118 Å². The van der Waals surface area contributed by atoms with E-state index in [2.05, 4.69) is 5.10 Å². The first-order valence-corrected chi connectivity index (χ1v) is 5.97. The number of nitro groups is 1. The van der Waals surface area contributed by atoms with Gasteiger partial charge in [-0.1, -0.05) is 23.7 Å². The van der Waals surface area contributed by atoms with E-state index < -0.39 is 16.6 Å². The van der Waals surface area contributed by atoms with Crippen molar-refractivity contribution in [2.45, 2.75) is 13.5 Å². The highest BCUT2D eigenvalue weighted by atomic mass is 35.5. The van der Waals surface area contributed by atoms with E-state index in [9.17, 15) is 20.0 Å². The summed E-state index contributed by atoms with van der Waals surface area (Å²) in [4.78, 5) is 21.5. The van der Waals surface area contributed by atoms with Crippen LogP contribution in [0.2, 0.25) is 5.02 Å². The first kappa shape index (κ1) is 14.0. The highest BCUT2D eigenvalue weighted by Crippen LogP contribution is 2.24. The van der Waals surface area contributed by atoms with E-state index in [4.69, 9.17) is 11.6 Å². The molecule has 20 heavy (non-hydrogen) atoms. The molecule has 0 aliphatic heterocycles. The number of hydrogen-bond donors (Lipinski definition) is 1. The summed E-state index contributed by atoms with van der Waals surface area (Å²) >= 11 is 5.87. The lowest BCUT2D eigenvalue weighted by atomic mass is 10.1. The van der Waals surface area contributed by atoms with Gasteiger partial charge in [0.15, 0.2) is 0 Å². The minimum absolute atomic E-state index is 0.0991. The Balaban J connectivity index is 2.52. The topological polar surface area (TPSA) is 98.3 Å². The molecule has 0 atom stereocenters. The van der Waals surface area contributed by atoms with Crippen molar-refractivity contribution in [1.82, 2.24) is 9.78 Å². The fraction of sp³-hybridized carbons (Fsp3) is 0.167. The molecular formula is C12H10ClN3O4. The second kappa shape index (κ2) is 5.30. The van der Waals surface area contributed by atoms with Crippen LogP contribution >= 0.6 is 11.6 Å². The molecule has 0 fully saturated rings. The molecule has 0 radical (unpaired) electrons. The number of aromatic nitrogens is 2. The first-order chi connectivity index (χ1) is 9.41. The third-order valence-electron chi connectivity index (χ3n) is 2.90. The number of benzene rings is 1. The van der Waals surface area contributed by atoms with Crippen LogP contribution in [-0.4, -0.2) is 25.8 Å². The van der Waals surface area contributed by atoms with Crippen molar-refractivity contribution >= 4 is 23.3 Å². The third kappa shape index (κ3) is 2.48. The van der Waals surface area contributed by atoms with E-state index in [1.165, 1.54) is 23.0 Å². The van der Waals surface area contributed by atoms with Gasteiger partial charge in [0.05, 0.1) is 28.4 Å². The fourth-order valence-electron chi connectivity index (χ4n) is 1.86. The summed E-state index contributed by atoms with van der Waals surface area (Å²) in [6.45, 7) is 1.83. The Morgan fingerprint density at radius 1 is 1.55 bits per heavy atom. The van der Waals surface area contributed by atoms with Gasteiger partial charge in [-0.2, -0.15) is 5.10 Å². The maximum atomic E-state index is 11.3. The maximum absolute atomic E-state index is 11.3. The lowest BCUT2D eigenvalue weighted by molar-refractivity contribution is -0.385. The second-order valence-corrected chi connectivity index (χ2v) is 4.52. The van der Waals surface area contributed by atoms with E-state index in [1.54, 1.807) is 6.92 Å². The smallest absolute Gasteiger partial charge is 0.343 e. The highest BCUT2D eigenvalue weighted by molar-refractivity contribution is 6.31. The van der Waals surface area contributed by atoms with Crippen molar-refractivity contribution in [3.63, 3.8) is 0 Å². The number of aromatic carboxylic acids is 1. The molecule has 0 spiro atoms. The molecule has 104 valence electrons. The fourth-order valence-corrected chi connectivity index (χ4v) is 2.00. The Bertz CT molecular complexity index is 696. The molecule has 0 aliphatic carbocycles. The zero-order valence-electron chi connectivity index (χ0n) is 10.4. The van der Waals surface area contributed by atoms with Gasteiger partial charge in [0.2, 0.25) is 0 Å². The van der Waals surface area contributed by atoms with Gasteiger partial charge in [-0.3, -0.25) is 14.8 Å². The minimum Gasteiger partial charge on any atom is -0.477 e. The molecule has 0 saturated carbocycles. The standard InChI is InChI=1S/C12H10ClN3O4/c1-7-9(13)5-14-15(7)6-8-3-2-4-10(16(19)20)11(8)12(17)18/h2-5H,6H2,1H3,(H,17,18). The van der Waals surface area contributed by atoms with Crippen molar-refractivity contribution in [1.29, 1.82) is 0 Å².